The number of hydrogen-bond donors (Lipinski definition) is 0. The molecule has 4 nitrogen and oxygen atoms in total. The number of rotatable bonds is 3. The molecule has 1 heterocycles. The van der Waals surface area contributed by atoms with Gasteiger partial charge < -0.3 is 14.3 Å². The fraction of sp³-hybridized carbons (Fsp3) is 0.286. The van der Waals surface area contributed by atoms with Gasteiger partial charge in [-0.25, -0.2) is 0 Å². The predicted molar refractivity (Wildman–Crippen MR) is 65.3 cm³/mol. The van der Waals surface area contributed by atoms with E-state index in [1.807, 2.05) is 6.92 Å². The minimum atomic E-state index is -1.27. The molecule has 2 rings (SSSR count). The summed E-state index contributed by atoms with van der Waals surface area (Å²) in [6.45, 7) is 3.26. The zero-order chi connectivity index (χ0) is 13.3. The average Bonchev–Trinajstić information content (AvgIpc) is 2.37. The number of aryl methyl sites for hydroxylation is 1. The fourth-order valence-electron chi connectivity index (χ4n) is 2.02. The van der Waals surface area contributed by atoms with Crippen molar-refractivity contribution in [1.29, 1.82) is 0 Å². The Labute approximate surface area is 104 Å². The smallest absolute Gasteiger partial charge is 0.196 e. The number of carbonyl (C=O) groups is 1. The molecule has 0 aliphatic carbocycles. The van der Waals surface area contributed by atoms with Gasteiger partial charge in [0, 0.05) is 23.9 Å². The maximum atomic E-state index is 12.3. The highest BCUT2D eigenvalue weighted by Gasteiger charge is 2.19. The lowest BCUT2D eigenvalue weighted by atomic mass is 9.97. The van der Waals surface area contributed by atoms with Crippen LogP contribution in [0, 0.1) is 0 Å². The van der Waals surface area contributed by atoms with Crippen LogP contribution in [0.1, 0.15) is 31.1 Å². The third kappa shape index (κ3) is 1.90. The van der Waals surface area contributed by atoms with Crippen LogP contribution in [0.25, 0.3) is 11.0 Å². The van der Waals surface area contributed by atoms with Gasteiger partial charge in [0.25, 0.3) is 0 Å². The first kappa shape index (κ1) is 12.4. The third-order valence-corrected chi connectivity index (χ3v) is 3.02. The molecule has 0 amide bonds. The number of hydrogen-bond acceptors (Lipinski definition) is 4. The predicted octanol–water partition coefficient (Wildman–Crippen LogP) is 1.21. The van der Waals surface area contributed by atoms with E-state index in [-0.39, 0.29) is 11.0 Å². The second-order valence-electron chi connectivity index (χ2n) is 4.16. The normalized spacial score (nSPS) is 12.6. The van der Waals surface area contributed by atoms with Gasteiger partial charge in [0.05, 0.1) is 5.39 Å². The number of aliphatic carboxylic acids is 1. The standard InChI is InChI=1S/C14H14O4/c1-3-10-12(8(2)14(16)17)13(15)9-6-4-5-7-11(9)18-10/h4-8H,3H2,1-2H3,(H,16,17)/p-1. The summed E-state index contributed by atoms with van der Waals surface area (Å²) in [4.78, 5) is 23.3. The number of fused-ring (bicyclic) bond motifs is 1. The van der Waals surface area contributed by atoms with Crippen LogP contribution >= 0.6 is 0 Å². The molecule has 1 aromatic carbocycles. The summed E-state index contributed by atoms with van der Waals surface area (Å²) in [5.74, 6) is -1.83. The first-order valence-corrected chi connectivity index (χ1v) is 5.81. The van der Waals surface area contributed by atoms with E-state index >= 15 is 0 Å². The second kappa shape index (κ2) is 4.64. The maximum absolute atomic E-state index is 12.3. The number of carboxylic acid groups (broad SMARTS) is 1. The van der Waals surface area contributed by atoms with Crippen LogP contribution in [0.4, 0.5) is 0 Å². The van der Waals surface area contributed by atoms with Crippen molar-refractivity contribution in [2.75, 3.05) is 0 Å². The van der Waals surface area contributed by atoms with Crippen LogP contribution in [-0.2, 0) is 11.2 Å². The Morgan fingerprint density at radius 2 is 2.06 bits per heavy atom. The maximum Gasteiger partial charge on any atom is 0.196 e. The molecule has 1 aromatic heterocycles. The van der Waals surface area contributed by atoms with Gasteiger partial charge >= 0.3 is 0 Å². The monoisotopic (exact) mass is 245 g/mol. The zero-order valence-electron chi connectivity index (χ0n) is 10.2. The summed E-state index contributed by atoms with van der Waals surface area (Å²) in [6.07, 6.45) is 0.465. The van der Waals surface area contributed by atoms with Gasteiger partial charge in [-0.1, -0.05) is 26.0 Å². The Balaban J connectivity index is 2.82. The van der Waals surface area contributed by atoms with Gasteiger partial charge in [-0.2, -0.15) is 0 Å². The van der Waals surface area contributed by atoms with Crippen LogP contribution in [-0.4, -0.2) is 5.97 Å². The first-order valence-electron chi connectivity index (χ1n) is 5.81. The van der Waals surface area contributed by atoms with Crippen LogP contribution in [0.3, 0.4) is 0 Å². The summed E-state index contributed by atoms with van der Waals surface area (Å²) in [6, 6.07) is 6.82. The molecule has 0 saturated carbocycles. The fourth-order valence-corrected chi connectivity index (χ4v) is 2.02. The van der Waals surface area contributed by atoms with E-state index in [0.29, 0.717) is 23.2 Å². The molecule has 18 heavy (non-hydrogen) atoms. The van der Waals surface area contributed by atoms with Gasteiger partial charge in [-0.3, -0.25) is 4.79 Å². The summed E-state index contributed by atoms with van der Waals surface area (Å²) >= 11 is 0. The molecule has 2 aromatic rings. The highest BCUT2D eigenvalue weighted by molar-refractivity contribution is 5.80. The summed E-state index contributed by atoms with van der Waals surface area (Å²) in [5.41, 5.74) is 0.384. The Morgan fingerprint density at radius 1 is 1.39 bits per heavy atom. The Hall–Kier alpha value is -2.10. The molecule has 0 aliphatic heterocycles. The minimum absolute atomic E-state index is 0.191. The van der Waals surface area contributed by atoms with Crippen molar-refractivity contribution < 1.29 is 14.3 Å². The van der Waals surface area contributed by atoms with Crippen LogP contribution in [0.5, 0.6) is 0 Å². The Morgan fingerprint density at radius 3 is 2.67 bits per heavy atom. The van der Waals surface area contributed by atoms with Gasteiger partial charge in [-0.15, -0.1) is 0 Å². The van der Waals surface area contributed by atoms with E-state index in [9.17, 15) is 14.7 Å². The van der Waals surface area contributed by atoms with Crippen molar-refractivity contribution in [2.24, 2.45) is 0 Å². The number of benzene rings is 1. The first-order chi connectivity index (χ1) is 8.56. The van der Waals surface area contributed by atoms with E-state index in [2.05, 4.69) is 0 Å². The quantitative estimate of drug-likeness (QED) is 0.814. The van der Waals surface area contributed by atoms with E-state index in [0.717, 1.165) is 0 Å². The van der Waals surface area contributed by atoms with Crippen molar-refractivity contribution in [1.82, 2.24) is 0 Å². The summed E-state index contributed by atoms with van der Waals surface area (Å²) in [7, 11) is 0. The Kier molecular flexibility index (Phi) is 3.19. The number of carbonyl (C=O) groups excluding carboxylic acids is 1. The van der Waals surface area contributed by atoms with Crippen LogP contribution < -0.4 is 10.5 Å². The average molecular weight is 245 g/mol. The van der Waals surface area contributed by atoms with Crippen LogP contribution in [0.2, 0.25) is 0 Å². The van der Waals surface area contributed by atoms with Gasteiger partial charge in [0.15, 0.2) is 5.43 Å². The summed E-state index contributed by atoms with van der Waals surface area (Å²) in [5, 5.41) is 11.4. The molecule has 0 spiro atoms. The lowest BCUT2D eigenvalue weighted by Gasteiger charge is -2.15. The van der Waals surface area contributed by atoms with E-state index in [1.165, 1.54) is 6.92 Å². The lowest BCUT2D eigenvalue weighted by Crippen LogP contribution is -2.31. The number of carboxylic acids is 1. The molecule has 1 unspecified atom stereocenters. The van der Waals surface area contributed by atoms with Crippen molar-refractivity contribution in [3.8, 4) is 0 Å². The van der Waals surface area contributed by atoms with Gasteiger partial charge in [-0.05, 0) is 12.1 Å². The molecule has 94 valence electrons. The van der Waals surface area contributed by atoms with Gasteiger partial charge in [0.1, 0.15) is 11.3 Å². The van der Waals surface area contributed by atoms with Crippen molar-refractivity contribution in [3.05, 3.63) is 45.8 Å². The third-order valence-electron chi connectivity index (χ3n) is 3.02. The summed E-state index contributed by atoms with van der Waals surface area (Å²) < 4.78 is 5.60. The number of para-hydroxylation sites is 1. The zero-order valence-corrected chi connectivity index (χ0v) is 10.2. The Bertz CT molecular complexity index is 654. The topological polar surface area (TPSA) is 70.3 Å². The van der Waals surface area contributed by atoms with E-state index in [1.54, 1.807) is 24.3 Å². The molecule has 0 saturated heterocycles. The molecule has 0 bridgehead atoms. The van der Waals surface area contributed by atoms with E-state index < -0.39 is 11.9 Å². The highest BCUT2D eigenvalue weighted by atomic mass is 16.4. The van der Waals surface area contributed by atoms with Gasteiger partial charge in [0.2, 0.25) is 0 Å². The molecule has 0 radical (unpaired) electrons. The molecular formula is C14H13O4-. The van der Waals surface area contributed by atoms with Crippen molar-refractivity contribution >= 4 is 16.9 Å². The molecule has 0 aliphatic rings. The van der Waals surface area contributed by atoms with Crippen LogP contribution in [0.15, 0.2) is 33.5 Å². The SMILES string of the molecule is CCc1oc2ccccc2c(=O)c1C(C)C(=O)[O-]. The molecule has 0 N–H and O–H groups in total. The second-order valence-corrected chi connectivity index (χ2v) is 4.16. The lowest BCUT2D eigenvalue weighted by molar-refractivity contribution is -0.307. The minimum Gasteiger partial charge on any atom is -0.550 e. The molecule has 1 atom stereocenters. The van der Waals surface area contributed by atoms with Crippen molar-refractivity contribution in [2.45, 2.75) is 26.2 Å². The highest BCUT2D eigenvalue weighted by Crippen LogP contribution is 2.21. The van der Waals surface area contributed by atoms with E-state index in [4.69, 9.17) is 4.42 Å². The van der Waals surface area contributed by atoms with Crippen molar-refractivity contribution in [3.63, 3.8) is 0 Å². The molecular weight excluding hydrogens is 232 g/mol. The molecule has 0 fully saturated rings. The largest absolute Gasteiger partial charge is 0.550 e. The molecule has 4 heteroatoms.